The SMILES string of the molecule is CCC1(CC)C(=O)NC2=NCN(c3ccc(C)cc3)CN2C1=O. The second-order valence-corrected chi connectivity index (χ2v) is 6.12. The molecule has 0 radical (unpaired) electrons. The zero-order valence-electron chi connectivity index (χ0n) is 13.8. The van der Waals surface area contributed by atoms with Gasteiger partial charge in [0.1, 0.15) is 18.8 Å². The Kier molecular flexibility index (Phi) is 3.83. The predicted octanol–water partition coefficient (Wildman–Crippen LogP) is 1.85. The van der Waals surface area contributed by atoms with Crippen molar-refractivity contribution >= 4 is 23.5 Å². The van der Waals surface area contributed by atoms with E-state index in [-0.39, 0.29) is 11.8 Å². The van der Waals surface area contributed by atoms with Gasteiger partial charge in [-0.2, -0.15) is 0 Å². The Hall–Kier alpha value is -2.37. The maximum atomic E-state index is 12.9. The fourth-order valence-electron chi connectivity index (χ4n) is 3.16. The first-order valence-electron chi connectivity index (χ1n) is 8.01. The molecule has 3 rings (SSSR count). The van der Waals surface area contributed by atoms with E-state index in [4.69, 9.17) is 0 Å². The predicted molar refractivity (Wildman–Crippen MR) is 88.8 cm³/mol. The van der Waals surface area contributed by atoms with Crippen LogP contribution in [-0.4, -0.2) is 36.0 Å². The van der Waals surface area contributed by atoms with E-state index in [0.29, 0.717) is 32.1 Å². The van der Waals surface area contributed by atoms with Crippen LogP contribution in [0.4, 0.5) is 5.69 Å². The second-order valence-electron chi connectivity index (χ2n) is 6.12. The van der Waals surface area contributed by atoms with E-state index in [9.17, 15) is 9.59 Å². The molecule has 6 heteroatoms. The molecule has 0 atom stereocenters. The van der Waals surface area contributed by atoms with Crippen LogP contribution < -0.4 is 10.2 Å². The summed E-state index contributed by atoms with van der Waals surface area (Å²) in [6, 6.07) is 8.12. The van der Waals surface area contributed by atoms with Crippen LogP contribution in [0.25, 0.3) is 0 Å². The van der Waals surface area contributed by atoms with Crippen LogP contribution in [0.3, 0.4) is 0 Å². The summed E-state index contributed by atoms with van der Waals surface area (Å²) in [5, 5.41) is 2.81. The van der Waals surface area contributed by atoms with Crippen LogP contribution in [0, 0.1) is 12.3 Å². The number of aliphatic imine (C=N–C) groups is 1. The molecule has 1 saturated heterocycles. The zero-order valence-corrected chi connectivity index (χ0v) is 13.8. The van der Waals surface area contributed by atoms with E-state index in [0.717, 1.165) is 5.69 Å². The minimum atomic E-state index is -0.977. The topological polar surface area (TPSA) is 65.0 Å². The van der Waals surface area contributed by atoms with Crippen LogP contribution in [0.15, 0.2) is 29.3 Å². The average molecular weight is 314 g/mol. The summed E-state index contributed by atoms with van der Waals surface area (Å²) < 4.78 is 0. The molecule has 0 aliphatic carbocycles. The number of amides is 2. The molecule has 2 heterocycles. The monoisotopic (exact) mass is 314 g/mol. The lowest BCUT2D eigenvalue weighted by Gasteiger charge is -2.44. The highest BCUT2D eigenvalue weighted by atomic mass is 16.2. The van der Waals surface area contributed by atoms with Crippen LogP contribution in [-0.2, 0) is 9.59 Å². The maximum absolute atomic E-state index is 12.9. The largest absolute Gasteiger partial charge is 0.334 e. The van der Waals surface area contributed by atoms with E-state index >= 15 is 0 Å². The van der Waals surface area contributed by atoms with E-state index in [1.54, 1.807) is 4.90 Å². The van der Waals surface area contributed by atoms with Gasteiger partial charge in [-0.25, -0.2) is 4.99 Å². The van der Waals surface area contributed by atoms with Crippen molar-refractivity contribution in [3.8, 4) is 0 Å². The summed E-state index contributed by atoms with van der Waals surface area (Å²) in [6.45, 7) is 6.63. The van der Waals surface area contributed by atoms with Gasteiger partial charge in [-0.3, -0.25) is 19.8 Å². The van der Waals surface area contributed by atoms with Gasteiger partial charge in [0.05, 0.1) is 0 Å². The number of nitrogens with one attached hydrogen (secondary N) is 1. The van der Waals surface area contributed by atoms with Gasteiger partial charge in [-0.15, -0.1) is 0 Å². The molecule has 1 aromatic carbocycles. The third kappa shape index (κ3) is 2.38. The summed E-state index contributed by atoms with van der Waals surface area (Å²) in [4.78, 5) is 33.3. The summed E-state index contributed by atoms with van der Waals surface area (Å²) in [5.41, 5.74) is 1.23. The molecule has 0 saturated carbocycles. The molecular weight excluding hydrogens is 292 g/mol. The molecule has 1 N–H and O–H groups in total. The number of hydrogen-bond acceptors (Lipinski definition) is 4. The molecule has 0 unspecified atom stereocenters. The van der Waals surface area contributed by atoms with Gasteiger partial charge in [-0.05, 0) is 31.9 Å². The lowest BCUT2D eigenvalue weighted by Crippen LogP contribution is -2.67. The van der Waals surface area contributed by atoms with Gasteiger partial charge in [0.2, 0.25) is 17.8 Å². The standard InChI is InChI=1S/C17H22N4O2/c1-4-17(5-2)14(22)19-16-18-10-20(11-21(16)15(17)23)13-8-6-12(3)7-9-13/h6-9H,4-5,10-11H2,1-3H3,(H,18,19,22). The third-order valence-electron chi connectivity index (χ3n) is 4.88. The van der Waals surface area contributed by atoms with Gasteiger partial charge in [0.15, 0.2) is 0 Å². The second kappa shape index (κ2) is 5.68. The first-order valence-corrected chi connectivity index (χ1v) is 8.01. The van der Waals surface area contributed by atoms with Crippen molar-refractivity contribution in [3.63, 3.8) is 0 Å². The highest BCUT2D eigenvalue weighted by molar-refractivity contribution is 6.20. The van der Waals surface area contributed by atoms with E-state index in [2.05, 4.69) is 10.3 Å². The minimum Gasteiger partial charge on any atom is -0.334 e. The van der Waals surface area contributed by atoms with Crippen molar-refractivity contribution in [2.45, 2.75) is 33.6 Å². The van der Waals surface area contributed by atoms with Crippen molar-refractivity contribution in [2.24, 2.45) is 10.4 Å². The Balaban J connectivity index is 1.90. The zero-order chi connectivity index (χ0) is 16.6. The number of anilines is 1. The fourth-order valence-corrected chi connectivity index (χ4v) is 3.16. The highest BCUT2D eigenvalue weighted by Gasteiger charge is 2.51. The summed E-state index contributed by atoms with van der Waals surface area (Å²) in [7, 11) is 0. The number of carbonyl (C=O) groups excluding carboxylic acids is 2. The number of nitrogens with zero attached hydrogens (tertiary/aromatic N) is 3. The number of guanidine groups is 1. The molecule has 2 aliphatic heterocycles. The molecule has 2 aliphatic rings. The summed E-state index contributed by atoms with van der Waals surface area (Å²) >= 11 is 0. The Bertz CT molecular complexity index is 662. The summed E-state index contributed by atoms with van der Waals surface area (Å²) in [6.07, 6.45) is 0.977. The molecule has 0 spiro atoms. The van der Waals surface area contributed by atoms with Crippen molar-refractivity contribution < 1.29 is 9.59 Å². The Morgan fingerprint density at radius 1 is 1.17 bits per heavy atom. The lowest BCUT2D eigenvalue weighted by molar-refractivity contribution is -0.151. The van der Waals surface area contributed by atoms with Crippen LogP contribution in [0.5, 0.6) is 0 Å². The van der Waals surface area contributed by atoms with E-state index in [1.165, 1.54) is 5.56 Å². The van der Waals surface area contributed by atoms with Gasteiger partial charge in [0.25, 0.3) is 0 Å². The number of hydrogen-bond donors (Lipinski definition) is 1. The highest BCUT2D eigenvalue weighted by Crippen LogP contribution is 2.33. The number of carbonyl (C=O) groups is 2. The molecule has 0 aromatic heterocycles. The van der Waals surface area contributed by atoms with Crippen LogP contribution in [0.1, 0.15) is 32.3 Å². The third-order valence-corrected chi connectivity index (χ3v) is 4.88. The molecule has 1 fully saturated rings. The van der Waals surface area contributed by atoms with Crippen molar-refractivity contribution in [2.75, 3.05) is 18.2 Å². The molecule has 2 amide bonds. The van der Waals surface area contributed by atoms with Gasteiger partial charge >= 0.3 is 0 Å². The van der Waals surface area contributed by atoms with Gasteiger partial charge in [-0.1, -0.05) is 31.5 Å². The minimum absolute atomic E-state index is 0.151. The van der Waals surface area contributed by atoms with Crippen LogP contribution >= 0.6 is 0 Å². The number of rotatable bonds is 3. The molecule has 23 heavy (non-hydrogen) atoms. The molecular formula is C17H22N4O2. The van der Waals surface area contributed by atoms with Crippen molar-refractivity contribution in [1.29, 1.82) is 0 Å². The van der Waals surface area contributed by atoms with E-state index in [1.807, 2.05) is 49.9 Å². The van der Waals surface area contributed by atoms with Crippen molar-refractivity contribution in [1.82, 2.24) is 10.2 Å². The number of benzene rings is 1. The van der Waals surface area contributed by atoms with Gasteiger partial charge < -0.3 is 4.90 Å². The Morgan fingerprint density at radius 2 is 1.83 bits per heavy atom. The van der Waals surface area contributed by atoms with Crippen molar-refractivity contribution in [3.05, 3.63) is 29.8 Å². The normalized spacial score (nSPS) is 20.0. The molecule has 122 valence electrons. The molecule has 0 bridgehead atoms. The van der Waals surface area contributed by atoms with E-state index < -0.39 is 5.41 Å². The number of aryl methyl sites for hydroxylation is 1. The number of fused-ring (bicyclic) bond motifs is 1. The first kappa shape index (κ1) is 15.5. The Morgan fingerprint density at radius 3 is 2.43 bits per heavy atom. The molecule has 6 nitrogen and oxygen atoms in total. The fraction of sp³-hybridized carbons (Fsp3) is 0.471. The first-order chi connectivity index (χ1) is 11.0. The smallest absolute Gasteiger partial charge is 0.246 e. The Labute approximate surface area is 136 Å². The summed E-state index contributed by atoms with van der Waals surface area (Å²) in [5.74, 6) is -0.00557. The average Bonchev–Trinajstić information content (AvgIpc) is 2.57. The molecule has 1 aromatic rings. The maximum Gasteiger partial charge on any atom is 0.246 e. The van der Waals surface area contributed by atoms with Crippen LogP contribution in [0.2, 0.25) is 0 Å². The van der Waals surface area contributed by atoms with Gasteiger partial charge in [0, 0.05) is 5.69 Å². The lowest BCUT2D eigenvalue weighted by atomic mass is 9.78. The quantitative estimate of drug-likeness (QED) is 0.866.